The molecule has 0 bridgehead atoms. The molecule has 4 saturated carbocycles. The summed E-state index contributed by atoms with van der Waals surface area (Å²) in [6.07, 6.45) is 47.6. The highest BCUT2D eigenvalue weighted by atomic mass is 14.3. The van der Waals surface area contributed by atoms with Crippen molar-refractivity contribution in [3.63, 3.8) is 0 Å². The average Bonchev–Trinajstić information content (AvgIpc) is 3.97. The maximum absolute atomic E-state index is 2.34. The van der Waals surface area contributed by atoms with E-state index >= 15 is 0 Å². The van der Waals surface area contributed by atoms with Crippen molar-refractivity contribution in [3.8, 4) is 0 Å². The second kappa shape index (κ2) is 75.0. The lowest BCUT2D eigenvalue weighted by molar-refractivity contribution is 0.190. The molecule has 0 heterocycles. The van der Waals surface area contributed by atoms with Crippen LogP contribution in [0.1, 0.15) is 474 Å². The molecule has 4 aliphatic carbocycles. The standard InChI is InChI=1S/9C7H16.4C6H12/c1-6(2)5-7(3)4;2*1-5-6-7(2,3)4;1-5-7(4)6(2)3;2*1-4-5-6-7(2)3;2*1-4-6-7(3)5-2;1-3-5-7-6-4-2;1-5-3-6(2)4-5;1-6(2)4-3-5-6;1-5-3-4-6(5)2;1-6-4-2-3-5-6/h6-7H,5H2,1-4H3;2*5-6H2,1-4H3;6-7H,5H2,1-4H3;4*7H,4-6H2,1-3H3;3-7H2,1-2H3;5-6H,3-4H2,1-2H3;3-5H2,1-2H3;5-6H,3-4H2,1-2H3;6H,2-5H2,1H3/t;;;7-;;;7-;;;;;5-,6?;/m...0..1....1./s1. The van der Waals surface area contributed by atoms with Gasteiger partial charge in [-0.05, 0) is 138 Å². The van der Waals surface area contributed by atoms with Gasteiger partial charge in [0.1, 0.15) is 0 Å². The van der Waals surface area contributed by atoms with E-state index in [1.165, 1.54) is 218 Å². The van der Waals surface area contributed by atoms with E-state index in [1.54, 1.807) is 0 Å². The Morgan fingerprint density at radius 3 is 0.713 bits per heavy atom. The monoisotopic (exact) mass is 1240 g/mol. The molecular weight excluding hydrogens is 1040 g/mol. The normalized spacial score (nSPS) is 18.7. The summed E-state index contributed by atoms with van der Waals surface area (Å²) in [5, 5.41) is 0. The van der Waals surface area contributed by atoms with Crippen molar-refractivity contribution in [1.82, 2.24) is 0 Å². The zero-order valence-corrected chi connectivity index (χ0v) is 70.0. The summed E-state index contributed by atoms with van der Waals surface area (Å²) in [6.45, 7) is 84.2. The molecular formula is C87H192. The first kappa shape index (κ1) is 106. The van der Waals surface area contributed by atoms with Gasteiger partial charge in [0.25, 0.3) is 0 Å². The Bertz CT molecular complexity index is 1070. The number of hydrogen-bond donors (Lipinski definition) is 0. The molecule has 0 aromatic carbocycles. The Labute approximate surface area is 564 Å². The predicted molar refractivity (Wildman–Crippen MR) is 420 cm³/mol. The maximum atomic E-state index is 2.34. The van der Waals surface area contributed by atoms with Crippen LogP contribution in [-0.2, 0) is 0 Å². The Hall–Kier alpha value is 0. The Morgan fingerprint density at radius 2 is 0.655 bits per heavy atom. The highest BCUT2D eigenvalue weighted by Crippen LogP contribution is 2.39. The molecule has 0 heteroatoms. The van der Waals surface area contributed by atoms with Gasteiger partial charge in [0.15, 0.2) is 0 Å². The zero-order valence-electron chi connectivity index (χ0n) is 70.0. The summed E-state index contributed by atoms with van der Waals surface area (Å²) in [7, 11) is 0. The van der Waals surface area contributed by atoms with E-state index in [-0.39, 0.29) is 0 Å². The van der Waals surface area contributed by atoms with Crippen LogP contribution in [0.2, 0.25) is 0 Å². The summed E-state index contributed by atoms with van der Waals surface area (Å²) >= 11 is 0. The Balaban J connectivity index is -0.000000108. The fourth-order valence-electron chi connectivity index (χ4n) is 10.4. The first-order valence-electron chi connectivity index (χ1n) is 40.2. The van der Waals surface area contributed by atoms with Crippen LogP contribution >= 0.6 is 0 Å². The third kappa shape index (κ3) is 117. The smallest absolute Gasteiger partial charge is 0.0354 e. The van der Waals surface area contributed by atoms with Crippen molar-refractivity contribution < 1.29 is 0 Å². The molecule has 540 valence electrons. The third-order valence-corrected chi connectivity index (χ3v) is 18.2. The number of unbranched alkanes of at least 4 members (excludes halogenated alkanes) is 6. The highest BCUT2D eigenvalue weighted by Gasteiger charge is 2.25. The fraction of sp³-hybridized carbons (Fsp3) is 1.00. The molecule has 5 atom stereocenters. The minimum Gasteiger partial charge on any atom is -0.0654 e. The van der Waals surface area contributed by atoms with Crippen molar-refractivity contribution in [3.05, 3.63) is 0 Å². The molecule has 0 saturated heterocycles. The first-order valence-corrected chi connectivity index (χ1v) is 40.2. The molecule has 4 aliphatic rings. The van der Waals surface area contributed by atoms with Gasteiger partial charge >= 0.3 is 0 Å². The maximum Gasteiger partial charge on any atom is -0.0354 e. The van der Waals surface area contributed by atoms with Crippen molar-refractivity contribution in [2.45, 2.75) is 474 Å². The van der Waals surface area contributed by atoms with Gasteiger partial charge in [-0.25, -0.2) is 0 Å². The number of rotatable bonds is 22. The molecule has 0 radical (unpaired) electrons. The van der Waals surface area contributed by atoms with Crippen LogP contribution in [0.15, 0.2) is 0 Å². The summed E-state index contributed by atoms with van der Waals surface area (Å²) in [5.41, 5.74) is 1.82. The van der Waals surface area contributed by atoms with Crippen molar-refractivity contribution in [2.75, 3.05) is 0 Å². The summed E-state index contributed by atoms with van der Waals surface area (Å²) < 4.78 is 0. The van der Waals surface area contributed by atoms with Crippen molar-refractivity contribution in [1.29, 1.82) is 0 Å². The molecule has 0 nitrogen and oxygen atoms in total. The van der Waals surface area contributed by atoms with E-state index < -0.39 is 0 Å². The Kier molecular flexibility index (Phi) is 91.2. The van der Waals surface area contributed by atoms with Gasteiger partial charge in [0.2, 0.25) is 0 Å². The molecule has 0 amide bonds. The van der Waals surface area contributed by atoms with Crippen LogP contribution in [0.4, 0.5) is 0 Å². The van der Waals surface area contributed by atoms with Crippen LogP contribution in [0, 0.1) is 93.2 Å². The van der Waals surface area contributed by atoms with Gasteiger partial charge < -0.3 is 0 Å². The van der Waals surface area contributed by atoms with Gasteiger partial charge in [-0.2, -0.15) is 0 Å². The molecule has 0 spiro atoms. The van der Waals surface area contributed by atoms with E-state index in [9.17, 15) is 0 Å². The summed E-state index contributed by atoms with van der Waals surface area (Å²) in [4.78, 5) is 0. The van der Waals surface area contributed by atoms with E-state index in [2.05, 4.69) is 256 Å². The van der Waals surface area contributed by atoms with E-state index in [1.807, 2.05) is 0 Å². The second-order valence-corrected chi connectivity index (χ2v) is 34.6. The quantitative estimate of drug-likeness (QED) is 0.0948. The lowest BCUT2D eigenvalue weighted by atomic mass is 9.72. The van der Waals surface area contributed by atoms with Crippen molar-refractivity contribution >= 4 is 0 Å². The summed E-state index contributed by atoms with van der Waals surface area (Å²) in [5.74, 6) is 12.4. The van der Waals surface area contributed by atoms with Crippen LogP contribution in [0.5, 0.6) is 0 Å². The van der Waals surface area contributed by atoms with Gasteiger partial charge in [0.05, 0.1) is 0 Å². The fourth-order valence-corrected chi connectivity index (χ4v) is 10.4. The highest BCUT2D eigenvalue weighted by molar-refractivity contribution is 4.77. The van der Waals surface area contributed by atoms with Crippen LogP contribution in [0.25, 0.3) is 0 Å². The summed E-state index contributed by atoms with van der Waals surface area (Å²) in [6, 6.07) is 0. The van der Waals surface area contributed by atoms with Crippen molar-refractivity contribution in [2.24, 2.45) is 93.2 Å². The largest absolute Gasteiger partial charge is 0.0654 e. The minimum absolute atomic E-state index is 0.550. The minimum atomic E-state index is 0.550. The van der Waals surface area contributed by atoms with Gasteiger partial charge in [-0.3, -0.25) is 0 Å². The van der Waals surface area contributed by atoms with Gasteiger partial charge in [0, 0.05) is 0 Å². The molecule has 2 unspecified atom stereocenters. The Morgan fingerprint density at radius 1 is 0.345 bits per heavy atom. The van der Waals surface area contributed by atoms with E-state index in [4.69, 9.17) is 0 Å². The molecule has 0 aliphatic heterocycles. The van der Waals surface area contributed by atoms with Crippen LogP contribution < -0.4 is 0 Å². The molecule has 87 heavy (non-hydrogen) atoms. The molecule has 0 N–H and O–H groups in total. The van der Waals surface area contributed by atoms with Crippen LogP contribution in [0.3, 0.4) is 0 Å². The molecule has 4 rings (SSSR count). The lowest BCUT2D eigenvalue weighted by Crippen LogP contribution is -2.20. The topological polar surface area (TPSA) is 0 Å². The zero-order chi connectivity index (χ0) is 70.0. The first-order chi connectivity index (χ1) is 40.2. The van der Waals surface area contributed by atoms with Gasteiger partial charge in [-0.1, -0.05) is 430 Å². The lowest BCUT2D eigenvalue weighted by Gasteiger charge is -2.33. The predicted octanol–water partition coefficient (Wildman–Crippen LogP) is 33.8. The molecule has 0 aromatic rings. The SMILES string of the molecule is CC(C)CC(C)C.CC1(C)CCC1.CC1CC(C)C1.CC1CCCC1.CC1CC[C@H]1C.CCCC(C)(C)C.CCCC(C)(C)C.CCCC(C)CC.CCCCC(C)C.CCCCC(C)C.CCCCCCC.CCC[C@H](C)CC.CC[C@H](C)C(C)C. The number of hydrogen-bond acceptors (Lipinski definition) is 0. The second-order valence-electron chi connectivity index (χ2n) is 34.6. The van der Waals surface area contributed by atoms with Gasteiger partial charge in [-0.15, -0.1) is 0 Å². The third-order valence-electron chi connectivity index (χ3n) is 18.2. The van der Waals surface area contributed by atoms with E-state index in [0.717, 1.165) is 82.3 Å². The average molecular weight is 1240 g/mol. The van der Waals surface area contributed by atoms with Crippen LogP contribution in [-0.4, -0.2) is 0 Å². The van der Waals surface area contributed by atoms with E-state index in [0.29, 0.717) is 10.8 Å². The molecule has 0 aromatic heterocycles. The molecule has 4 fully saturated rings.